The van der Waals surface area contributed by atoms with Crippen molar-refractivity contribution in [2.45, 2.75) is 56.1 Å². The van der Waals surface area contributed by atoms with Crippen LogP contribution in [-0.4, -0.2) is 37.0 Å². The van der Waals surface area contributed by atoms with Crippen LogP contribution in [0.3, 0.4) is 0 Å². The summed E-state index contributed by atoms with van der Waals surface area (Å²) in [5, 5.41) is 4.81. The van der Waals surface area contributed by atoms with Gasteiger partial charge in [-0.2, -0.15) is 4.55 Å². The number of para-hydroxylation sites is 2. The maximum absolute atomic E-state index is 10.8. The first-order chi connectivity index (χ1) is 15.6. The molecule has 1 N–H and O–H groups in total. The van der Waals surface area contributed by atoms with Crippen LogP contribution in [0.2, 0.25) is 0 Å². The molecule has 33 heavy (non-hydrogen) atoms. The summed E-state index contributed by atoms with van der Waals surface area (Å²) >= 11 is -0.702. The van der Waals surface area contributed by atoms with Crippen LogP contribution in [-0.2, 0) is 11.2 Å². The third-order valence-corrected chi connectivity index (χ3v) is 8.49. The van der Waals surface area contributed by atoms with Crippen LogP contribution in [0.1, 0.15) is 40.5 Å². The molecule has 1 aliphatic rings. The standard InChI is InChI=1S/C26H30N3O3S/c1-25(2)16-20(17-26(3,4)33(25)30)32-24-15-22(18-11-13-19(27-5)14-12-18)29(28-24)21-9-7-8-10-23(21)31-6/h7-15,20,30H,16-17H2,1-4,6H3/q+1. The molecule has 0 amide bonds. The zero-order valence-electron chi connectivity index (χ0n) is 19.7. The fourth-order valence-electron chi connectivity index (χ4n) is 4.65. The number of methoxy groups -OCH3 is 1. The Hall–Kier alpha value is -2.95. The fraction of sp³-hybridized carbons (Fsp3) is 0.385. The summed E-state index contributed by atoms with van der Waals surface area (Å²) in [5.41, 5.74) is 3.17. The van der Waals surface area contributed by atoms with Gasteiger partial charge in [0.15, 0.2) is 26.4 Å². The molecule has 7 heteroatoms. The van der Waals surface area contributed by atoms with E-state index in [1.807, 2.05) is 47.1 Å². The molecule has 0 radical (unpaired) electrons. The molecule has 172 valence electrons. The molecule has 0 bridgehead atoms. The normalized spacial score (nSPS) is 21.2. The first-order valence-electron chi connectivity index (χ1n) is 11.0. The monoisotopic (exact) mass is 464 g/mol. The van der Waals surface area contributed by atoms with E-state index in [1.165, 1.54) is 0 Å². The van der Waals surface area contributed by atoms with E-state index in [1.54, 1.807) is 19.2 Å². The van der Waals surface area contributed by atoms with Crippen molar-refractivity contribution in [2.24, 2.45) is 0 Å². The van der Waals surface area contributed by atoms with Crippen molar-refractivity contribution in [3.05, 3.63) is 66.0 Å². The third-order valence-electron chi connectivity index (χ3n) is 6.07. The van der Waals surface area contributed by atoms with Gasteiger partial charge in [0.25, 0.3) is 0 Å². The second-order valence-electron chi connectivity index (χ2n) is 9.56. The van der Waals surface area contributed by atoms with E-state index in [9.17, 15) is 4.55 Å². The van der Waals surface area contributed by atoms with Gasteiger partial charge in [-0.15, -0.1) is 5.10 Å². The van der Waals surface area contributed by atoms with Crippen molar-refractivity contribution >= 4 is 16.9 Å². The second-order valence-corrected chi connectivity index (χ2v) is 12.3. The van der Waals surface area contributed by atoms with Gasteiger partial charge in [-0.3, -0.25) is 0 Å². The molecule has 3 aromatic rings. The lowest BCUT2D eigenvalue weighted by atomic mass is 9.95. The highest BCUT2D eigenvalue weighted by Gasteiger charge is 2.57. The van der Waals surface area contributed by atoms with Gasteiger partial charge in [0, 0.05) is 18.9 Å². The molecular formula is C26H30N3O3S+. The smallest absolute Gasteiger partial charge is 0.234 e. The highest BCUT2D eigenvalue weighted by molar-refractivity contribution is 7.94. The van der Waals surface area contributed by atoms with Crippen molar-refractivity contribution in [1.82, 2.24) is 9.78 Å². The maximum atomic E-state index is 10.8. The first kappa shape index (κ1) is 23.2. The molecular weight excluding hydrogens is 434 g/mol. The molecule has 0 aliphatic carbocycles. The molecule has 2 heterocycles. The molecule has 0 spiro atoms. The van der Waals surface area contributed by atoms with Crippen molar-refractivity contribution in [2.75, 3.05) is 7.11 Å². The Bertz CT molecular complexity index is 1160. The summed E-state index contributed by atoms with van der Waals surface area (Å²) in [6.45, 7) is 15.6. The van der Waals surface area contributed by atoms with Crippen LogP contribution < -0.4 is 9.47 Å². The minimum Gasteiger partial charge on any atom is -0.494 e. The Balaban J connectivity index is 1.74. The molecule has 6 nitrogen and oxygen atoms in total. The number of nitrogens with zero attached hydrogens (tertiary/aromatic N) is 3. The zero-order chi connectivity index (χ0) is 23.8. The summed E-state index contributed by atoms with van der Waals surface area (Å²) in [7, 11) is 1.64. The van der Waals surface area contributed by atoms with E-state index >= 15 is 0 Å². The van der Waals surface area contributed by atoms with Crippen LogP contribution >= 0.6 is 0 Å². The van der Waals surface area contributed by atoms with E-state index in [0.717, 1.165) is 29.8 Å². The molecule has 4 rings (SSSR count). The second kappa shape index (κ2) is 8.77. The predicted octanol–water partition coefficient (Wildman–Crippen LogP) is 6.29. The minimum absolute atomic E-state index is 0.0516. The molecule has 1 fully saturated rings. The van der Waals surface area contributed by atoms with Gasteiger partial charge < -0.3 is 9.47 Å². The van der Waals surface area contributed by atoms with Crippen LogP contribution in [0.4, 0.5) is 5.69 Å². The van der Waals surface area contributed by atoms with Crippen molar-refractivity contribution in [1.29, 1.82) is 0 Å². The Kier molecular flexibility index (Phi) is 6.17. The number of rotatable bonds is 5. The summed E-state index contributed by atoms with van der Waals surface area (Å²) in [4.78, 5) is 3.49. The fourth-order valence-corrected chi connectivity index (χ4v) is 6.83. The predicted molar refractivity (Wildman–Crippen MR) is 134 cm³/mol. The molecule has 0 saturated carbocycles. The van der Waals surface area contributed by atoms with Crippen molar-refractivity contribution in [3.63, 3.8) is 0 Å². The van der Waals surface area contributed by atoms with Gasteiger partial charge >= 0.3 is 0 Å². The Labute approximate surface area is 198 Å². The lowest BCUT2D eigenvalue weighted by Crippen LogP contribution is -2.54. The highest BCUT2D eigenvalue weighted by Crippen LogP contribution is 2.43. The molecule has 1 aliphatic heterocycles. The zero-order valence-corrected chi connectivity index (χ0v) is 20.5. The van der Waals surface area contributed by atoms with Crippen LogP contribution in [0, 0.1) is 6.57 Å². The highest BCUT2D eigenvalue weighted by atomic mass is 32.2. The minimum atomic E-state index is -0.702. The number of hydrogen-bond acceptors (Lipinski definition) is 4. The van der Waals surface area contributed by atoms with Gasteiger partial charge in [-0.1, -0.05) is 36.4 Å². The average Bonchev–Trinajstić information content (AvgIpc) is 3.20. The lowest BCUT2D eigenvalue weighted by Gasteiger charge is -2.39. The molecule has 0 unspecified atom stereocenters. The topological polar surface area (TPSA) is 60.9 Å². The summed E-state index contributed by atoms with van der Waals surface area (Å²) in [5.74, 6) is 1.23. The SMILES string of the molecule is [C-]#[N+]c1ccc(-c2cc(OC3CC(C)(C)[S+](O)C(C)(C)C3)nn2-c2ccccc2OC)cc1. The first-order valence-corrected chi connectivity index (χ1v) is 12.1. The van der Waals surface area contributed by atoms with Gasteiger partial charge in [-0.25, -0.2) is 9.53 Å². The quantitative estimate of drug-likeness (QED) is 0.356. The molecule has 1 saturated heterocycles. The van der Waals surface area contributed by atoms with E-state index in [-0.39, 0.29) is 15.6 Å². The number of aromatic nitrogens is 2. The van der Waals surface area contributed by atoms with Crippen LogP contribution in [0.25, 0.3) is 21.8 Å². The Morgan fingerprint density at radius 1 is 1.06 bits per heavy atom. The third kappa shape index (κ3) is 4.59. The number of hydrogen-bond donors (Lipinski definition) is 1. The van der Waals surface area contributed by atoms with Crippen LogP contribution in [0.15, 0.2) is 54.6 Å². The maximum Gasteiger partial charge on any atom is 0.234 e. The van der Waals surface area contributed by atoms with E-state index in [2.05, 4.69) is 32.5 Å². The molecule has 2 aromatic carbocycles. The van der Waals surface area contributed by atoms with E-state index in [0.29, 0.717) is 17.3 Å². The largest absolute Gasteiger partial charge is 0.494 e. The summed E-state index contributed by atoms with van der Waals surface area (Å²) in [6, 6.07) is 17.1. The van der Waals surface area contributed by atoms with Crippen LogP contribution in [0.5, 0.6) is 11.6 Å². The summed E-state index contributed by atoms with van der Waals surface area (Å²) < 4.78 is 24.2. The summed E-state index contributed by atoms with van der Waals surface area (Å²) in [6.07, 6.45) is 1.46. The molecule has 0 atom stereocenters. The van der Waals surface area contributed by atoms with E-state index in [4.69, 9.17) is 21.1 Å². The lowest BCUT2D eigenvalue weighted by molar-refractivity contribution is 0.139. The van der Waals surface area contributed by atoms with Gasteiger partial charge in [0.05, 0.1) is 19.4 Å². The molecule has 1 aromatic heterocycles. The average molecular weight is 465 g/mol. The van der Waals surface area contributed by atoms with Gasteiger partial charge in [0.2, 0.25) is 5.88 Å². The van der Waals surface area contributed by atoms with Crippen molar-refractivity contribution in [3.8, 4) is 28.6 Å². The van der Waals surface area contributed by atoms with E-state index < -0.39 is 11.2 Å². The Morgan fingerprint density at radius 3 is 2.30 bits per heavy atom. The van der Waals surface area contributed by atoms with Gasteiger partial charge in [-0.05, 0) is 45.4 Å². The van der Waals surface area contributed by atoms with Crippen molar-refractivity contribution < 1.29 is 14.0 Å². The van der Waals surface area contributed by atoms with Gasteiger partial charge in [0.1, 0.15) is 17.5 Å². The number of benzene rings is 2. The number of ether oxygens (including phenoxy) is 2. The Morgan fingerprint density at radius 2 is 1.70 bits per heavy atom.